The van der Waals surface area contributed by atoms with Gasteiger partial charge < -0.3 is 10.4 Å². The van der Waals surface area contributed by atoms with Crippen LogP contribution in [0.1, 0.15) is 40.0 Å². The van der Waals surface area contributed by atoms with E-state index in [1.807, 2.05) is 42.5 Å². The molecular weight excluding hydrogens is 402 g/mol. The second-order valence-electron chi connectivity index (χ2n) is 9.37. The van der Waals surface area contributed by atoms with Crippen LogP contribution >= 0.6 is 0 Å². The molecule has 0 aromatic rings. The summed E-state index contributed by atoms with van der Waals surface area (Å²) < 4.78 is 0. The Morgan fingerprint density at radius 3 is 2.33 bits per heavy atom. The zero-order chi connectivity index (χ0) is 24.1. The van der Waals surface area contributed by atoms with Crippen molar-refractivity contribution in [3.63, 3.8) is 0 Å². The fourth-order valence-electron chi connectivity index (χ4n) is 3.99. The minimum Gasteiger partial charge on any atom is -0.388 e. The molecule has 0 radical (unpaired) electrons. The van der Waals surface area contributed by atoms with Crippen molar-refractivity contribution in [2.24, 2.45) is 17.3 Å². The Bertz CT molecular complexity index is 905. The van der Waals surface area contributed by atoms with Crippen molar-refractivity contribution in [2.45, 2.75) is 46.1 Å². The SMILES string of the molecule is C=C1/C=C/C=C\CC/C=C/C=C\C(C)CNC(=C)\C=C/C=C\C=C\C2(C)C/C(=C\1)C(O)C2C. The van der Waals surface area contributed by atoms with E-state index in [2.05, 4.69) is 87.9 Å². The summed E-state index contributed by atoms with van der Waals surface area (Å²) in [6.07, 6.45) is 33.6. The zero-order valence-electron chi connectivity index (χ0n) is 20.6. The largest absolute Gasteiger partial charge is 0.388 e. The Kier molecular flexibility index (Phi) is 10.9. The van der Waals surface area contributed by atoms with Crippen LogP contribution < -0.4 is 5.32 Å². The predicted octanol–water partition coefficient (Wildman–Crippen LogP) is 7.30. The van der Waals surface area contributed by atoms with Crippen LogP contribution in [0.15, 0.2) is 121 Å². The van der Waals surface area contributed by atoms with Gasteiger partial charge in [-0.3, -0.25) is 0 Å². The molecule has 1 aliphatic heterocycles. The molecule has 0 spiro atoms. The second kappa shape index (κ2) is 13.6. The molecule has 2 bridgehead atoms. The van der Waals surface area contributed by atoms with Gasteiger partial charge >= 0.3 is 0 Å². The first-order valence-electron chi connectivity index (χ1n) is 12.0. The highest BCUT2D eigenvalue weighted by Gasteiger charge is 2.42. The number of hydrogen-bond donors (Lipinski definition) is 2. The Morgan fingerprint density at radius 2 is 1.58 bits per heavy atom. The highest BCUT2D eigenvalue weighted by Crippen LogP contribution is 2.47. The van der Waals surface area contributed by atoms with E-state index in [-0.39, 0.29) is 11.3 Å². The summed E-state index contributed by atoms with van der Waals surface area (Å²) in [4.78, 5) is 0. The Labute approximate surface area is 201 Å². The Balaban J connectivity index is 2.15. The molecule has 1 fully saturated rings. The summed E-state index contributed by atoms with van der Waals surface area (Å²) in [6.45, 7) is 15.6. The minimum atomic E-state index is -0.444. The molecule has 2 nitrogen and oxygen atoms in total. The third kappa shape index (κ3) is 9.27. The zero-order valence-corrected chi connectivity index (χ0v) is 20.6. The van der Waals surface area contributed by atoms with E-state index < -0.39 is 6.10 Å². The van der Waals surface area contributed by atoms with Crippen LogP contribution in [-0.2, 0) is 0 Å². The van der Waals surface area contributed by atoms with Crippen LogP contribution in [0.25, 0.3) is 0 Å². The summed E-state index contributed by atoms with van der Waals surface area (Å²) in [5.74, 6) is 0.570. The molecule has 0 aromatic carbocycles. The van der Waals surface area contributed by atoms with Crippen LogP contribution in [0.4, 0.5) is 0 Å². The molecule has 33 heavy (non-hydrogen) atoms. The van der Waals surface area contributed by atoms with E-state index in [1.54, 1.807) is 0 Å². The molecule has 2 heteroatoms. The lowest BCUT2D eigenvalue weighted by Gasteiger charge is -2.25. The highest BCUT2D eigenvalue weighted by atomic mass is 16.3. The third-order valence-electron chi connectivity index (χ3n) is 6.35. The Hall–Kier alpha value is -2.84. The molecule has 2 rings (SSSR count). The number of rotatable bonds is 0. The number of aliphatic hydroxyl groups is 1. The molecule has 2 aliphatic rings. The van der Waals surface area contributed by atoms with Crippen molar-refractivity contribution in [1.29, 1.82) is 0 Å². The summed E-state index contributed by atoms with van der Waals surface area (Å²) in [7, 11) is 0. The van der Waals surface area contributed by atoms with Gasteiger partial charge in [0, 0.05) is 12.2 Å². The van der Waals surface area contributed by atoms with Gasteiger partial charge in [-0.05, 0) is 53.7 Å². The van der Waals surface area contributed by atoms with E-state index in [0.29, 0.717) is 5.92 Å². The van der Waals surface area contributed by atoms with Crippen molar-refractivity contribution in [3.05, 3.63) is 121 Å². The monoisotopic (exact) mass is 443 g/mol. The maximum absolute atomic E-state index is 10.8. The van der Waals surface area contributed by atoms with Crippen LogP contribution in [0.5, 0.6) is 0 Å². The molecule has 2 N–H and O–H groups in total. The predicted molar refractivity (Wildman–Crippen MR) is 145 cm³/mol. The normalized spacial score (nSPS) is 38.4. The lowest BCUT2D eigenvalue weighted by molar-refractivity contribution is 0.133. The number of allylic oxidation sites excluding steroid dienone is 15. The topological polar surface area (TPSA) is 32.3 Å². The van der Waals surface area contributed by atoms with Gasteiger partial charge in [-0.15, -0.1) is 0 Å². The van der Waals surface area contributed by atoms with Gasteiger partial charge in [0.05, 0.1) is 6.10 Å². The van der Waals surface area contributed by atoms with Gasteiger partial charge in [0.2, 0.25) is 0 Å². The molecule has 1 aliphatic carbocycles. The first kappa shape index (κ1) is 26.4. The quantitative estimate of drug-likeness (QED) is 0.411. The molecule has 1 heterocycles. The smallest absolute Gasteiger partial charge is 0.0787 e. The third-order valence-corrected chi connectivity index (χ3v) is 6.35. The van der Waals surface area contributed by atoms with Crippen molar-refractivity contribution in [2.75, 3.05) is 6.54 Å². The lowest BCUT2D eigenvalue weighted by Crippen LogP contribution is -2.23. The van der Waals surface area contributed by atoms with Crippen molar-refractivity contribution in [3.8, 4) is 0 Å². The van der Waals surface area contributed by atoms with E-state index in [9.17, 15) is 5.11 Å². The first-order valence-corrected chi connectivity index (χ1v) is 12.0. The lowest BCUT2D eigenvalue weighted by atomic mass is 9.80. The standard InChI is InChI=1S/C31H41NO/c1-25-18-14-10-8-6-7-9-11-15-19-26(2)24-32-27(3)20-16-12-13-17-21-31(5)23-29(22-25)30(33)28(31)4/h8-22,26,28,30,32-33H,1,3,6-7,23-24H2,2,4-5H3/b10-8-,11-9+,13-12-,18-14+,19-15-,20-16-,21-17+,29-22+. The highest BCUT2D eigenvalue weighted by molar-refractivity contribution is 5.37. The molecule has 0 amide bonds. The van der Waals surface area contributed by atoms with E-state index >= 15 is 0 Å². The van der Waals surface area contributed by atoms with Crippen LogP contribution in [0, 0.1) is 17.3 Å². The second-order valence-corrected chi connectivity index (χ2v) is 9.37. The van der Waals surface area contributed by atoms with E-state index in [0.717, 1.165) is 42.7 Å². The van der Waals surface area contributed by atoms with Crippen LogP contribution in [0.3, 0.4) is 0 Å². The van der Waals surface area contributed by atoms with Gasteiger partial charge in [-0.2, -0.15) is 0 Å². The number of nitrogens with one attached hydrogen (secondary N) is 1. The van der Waals surface area contributed by atoms with E-state index in [4.69, 9.17) is 0 Å². The van der Waals surface area contributed by atoms with Gasteiger partial charge in [0.25, 0.3) is 0 Å². The summed E-state index contributed by atoms with van der Waals surface area (Å²) >= 11 is 0. The maximum Gasteiger partial charge on any atom is 0.0787 e. The molecule has 4 unspecified atom stereocenters. The van der Waals surface area contributed by atoms with E-state index in [1.165, 1.54) is 0 Å². The molecule has 1 saturated carbocycles. The summed E-state index contributed by atoms with van der Waals surface area (Å²) in [6, 6.07) is 0. The summed E-state index contributed by atoms with van der Waals surface area (Å²) in [5.41, 5.74) is 2.78. The van der Waals surface area contributed by atoms with Crippen molar-refractivity contribution < 1.29 is 5.11 Å². The molecule has 176 valence electrons. The van der Waals surface area contributed by atoms with Crippen molar-refractivity contribution in [1.82, 2.24) is 5.32 Å². The maximum atomic E-state index is 10.8. The fourth-order valence-corrected chi connectivity index (χ4v) is 3.99. The van der Waals surface area contributed by atoms with Gasteiger partial charge in [0.15, 0.2) is 0 Å². The van der Waals surface area contributed by atoms with Gasteiger partial charge in [0.1, 0.15) is 0 Å². The number of fused-ring (bicyclic) bond motifs is 2. The molecule has 0 aromatic heterocycles. The van der Waals surface area contributed by atoms with Gasteiger partial charge in [-0.25, -0.2) is 0 Å². The Morgan fingerprint density at radius 1 is 0.909 bits per heavy atom. The fraction of sp³-hybridized carbons (Fsp3) is 0.355. The average molecular weight is 444 g/mol. The molecular formula is C31H41NO. The van der Waals surface area contributed by atoms with Crippen LogP contribution in [0.2, 0.25) is 0 Å². The average Bonchev–Trinajstić information content (AvgIpc) is 2.99. The van der Waals surface area contributed by atoms with Gasteiger partial charge in [-0.1, -0.05) is 119 Å². The number of hydrogen-bond acceptors (Lipinski definition) is 2. The number of aliphatic hydroxyl groups excluding tert-OH is 1. The van der Waals surface area contributed by atoms with Crippen LogP contribution in [-0.4, -0.2) is 17.8 Å². The minimum absolute atomic E-state index is 0.0855. The van der Waals surface area contributed by atoms with Crippen molar-refractivity contribution >= 4 is 0 Å². The first-order chi connectivity index (χ1) is 15.8. The summed E-state index contributed by atoms with van der Waals surface area (Å²) in [5, 5.41) is 14.2. The molecule has 4 atom stereocenters. The molecule has 0 saturated heterocycles.